The van der Waals surface area contributed by atoms with Gasteiger partial charge >= 0.3 is 0 Å². The lowest BCUT2D eigenvalue weighted by atomic mass is 10.1. The molecule has 38 heavy (non-hydrogen) atoms. The van der Waals surface area contributed by atoms with Crippen molar-refractivity contribution in [3.63, 3.8) is 0 Å². The molecule has 0 saturated heterocycles. The Morgan fingerprint density at radius 1 is 0.447 bits per heavy atom. The van der Waals surface area contributed by atoms with E-state index in [1.54, 1.807) is 7.11 Å². The first-order valence-corrected chi connectivity index (χ1v) is 12.6. The van der Waals surface area contributed by atoms with Gasteiger partial charge in [0.2, 0.25) is 0 Å². The molecule has 0 spiro atoms. The Labute approximate surface area is 226 Å². The summed E-state index contributed by atoms with van der Waals surface area (Å²) in [6.07, 6.45) is 0. The molecule has 4 aromatic rings. The summed E-state index contributed by atoms with van der Waals surface area (Å²) in [6, 6.07) is 17.4. The van der Waals surface area contributed by atoms with E-state index in [1.165, 1.54) is 0 Å². The molecule has 0 fully saturated rings. The van der Waals surface area contributed by atoms with Gasteiger partial charge in [-0.3, -0.25) is 0 Å². The van der Waals surface area contributed by atoms with E-state index < -0.39 is 0 Å². The van der Waals surface area contributed by atoms with Crippen LogP contribution in [-0.4, -0.2) is 17.3 Å². The van der Waals surface area contributed by atoms with Crippen LogP contribution in [-0.2, 0) is 0 Å². The van der Waals surface area contributed by atoms with Crippen molar-refractivity contribution >= 4 is 0 Å². The standard InChI is InChI=1S/C17H20O3.C16H18O2/c1-10-6-15(7-11(2)16(10)18)20-17-12(3)8-14(19-5)9-13(17)4;1-10-6-5-7-11(2)16(10)18-14-8-12(3)15(17)13(4)9-14/h6-9,18H,1-5H3;5-9,17H,1-4H3. The van der Waals surface area contributed by atoms with Crippen LogP contribution in [0.5, 0.6) is 40.2 Å². The van der Waals surface area contributed by atoms with Crippen LogP contribution in [0.1, 0.15) is 44.5 Å². The smallest absolute Gasteiger partial charge is 0.133 e. The maximum Gasteiger partial charge on any atom is 0.133 e. The molecule has 0 aliphatic carbocycles. The van der Waals surface area contributed by atoms with Gasteiger partial charge in [-0.25, -0.2) is 0 Å². The second kappa shape index (κ2) is 12.0. The van der Waals surface area contributed by atoms with Crippen LogP contribution in [0.25, 0.3) is 0 Å². The minimum absolute atomic E-state index is 0.320. The van der Waals surface area contributed by atoms with Gasteiger partial charge in [0, 0.05) is 0 Å². The molecule has 0 radical (unpaired) electrons. The Bertz CT molecular complexity index is 1360. The zero-order chi connectivity index (χ0) is 28.1. The lowest BCUT2D eigenvalue weighted by molar-refractivity contribution is 0.411. The minimum Gasteiger partial charge on any atom is -0.507 e. The highest BCUT2D eigenvalue weighted by atomic mass is 16.5. The second-order valence-electron chi connectivity index (χ2n) is 9.83. The van der Waals surface area contributed by atoms with Gasteiger partial charge in [0.25, 0.3) is 0 Å². The largest absolute Gasteiger partial charge is 0.507 e. The van der Waals surface area contributed by atoms with Crippen LogP contribution < -0.4 is 14.2 Å². The molecule has 0 unspecified atom stereocenters. The van der Waals surface area contributed by atoms with Gasteiger partial charge < -0.3 is 24.4 Å². The molecule has 5 heteroatoms. The Kier molecular flexibility index (Phi) is 8.95. The molecule has 0 heterocycles. The first kappa shape index (κ1) is 28.5. The van der Waals surface area contributed by atoms with Gasteiger partial charge in [-0.1, -0.05) is 18.2 Å². The summed E-state index contributed by atoms with van der Waals surface area (Å²) in [5, 5.41) is 19.6. The number of benzene rings is 4. The van der Waals surface area contributed by atoms with Crippen molar-refractivity contribution in [3.05, 3.63) is 99.1 Å². The van der Waals surface area contributed by atoms with Gasteiger partial charge in [0.15, 0.2) is 0 Å². The fraction of sp³-hybridized carbons (Fsp3) is 0.273. The lowest BCUT2D eigenvalue weighted by Gasteiger charge is -2.15. The molecule has 0 atom stereocenters. The third kappa shape index (κ3) is 6.60. The molecular weight excluding hydrogens is 476 g/mol. The van der Waals surface area contributed by atoms with Crippen molar-refractivity contribution in [2.24, 2.45) is 0 Å². The van der Waals surface area contributed by atoms with Crippen molar-refractivity contribution in [2.45, 2.75) is 55.4 Å². The quantitative estimate of drug-likeness (QED) is 0.278. The van der Waals surface area contributed by atoms with E-state index in [-0.39, 0.29) is 0 Å². The van der Waals surface area contributed by atoms with Crippen LogP contribution in [0.2, 0.25) is 0 Å². The predicted octanol–water partition coefficient (Wildman–Crippen LogP) is 8.84. The predicted molar refractivity (Wildman–Crippen MR) is 154 cm³/mol. The number of aromatic hydroxyl groups is 2. The number of methoxy groups -OCH3 is 1. The summed E-state index contributed by atoms with van der Waals surface area (Å²) < 4.78 is 17.2. The van der Waals surface area contributed by atoms with Crippen LogP contribution in [0.3, 0.4) is 0 Å². The highest BCUT2D eigenvalue weighted by molar-refractivity contribution is 5.51. The number of hydrogen-bond donors (Lipinski definition) is 2. The fourth-order valence-corrected chi connectivity index (χ4v) is 4.34. The van der Waals surface area contributed by atoms with E-state index in [2.05, 4.69) is 0 Å². The highest BCUT2D eigenvalue weighted by Gasteiger charge is 2.11. The Hall–Kier alpha value is -4.12. The molecule has 0 aromatic heterocycles. The molecule has 0 aliphatic rings. The van der Waals surface area contributed by atoms with Gasteiger partial charge in [-0.2, -0.15) is 0 Å². The monoisotopic (exact) mass is 514 g/mol. The van der Waals surface area contributed by atoms with Crippen LogP contribution in [0.15, 0.2) is 54.6 Å². The Morgan fingerprint density at radius 3 is 1.11 bits per heavy atom. The zero-order valence-corrected chi connectivity index (χ0v) is 23.8. The summed E-state index contributed by atoms with van der Waals surface area (Å²) in [5.74, 6) is 4.70. The average Bonchev–Trinajstić information content (AvgIpc) is 2.85. The van der Waals surface area contributed by atoms with Crippen LogP contribution >= 0.6 is 0 Å². The fourth-order valence-electron chi connectivity index (χ4n) is 4.34. The third-order valence-electron chi connectivity index (χ3n) is 6.45. The molecule has 4 aromatic carbocycles. The van der Waals surface area contributed by atoms with Crippen LogP contribution in [0, 0.1) is 55.4 Å². The molecular formula is C33H38O5. The van der Waals surface area contributed by atoms with E-state index in [0.717, 1.165) is 73.3 Å². The average molecular weight is 515 g/mol. The summed E-state index contributed by atoms with van der Waals surface area (Å²) in [6.45, 7) is 15.5. The van der Waals surface area contributed by atoms with Gasteiger partial charge in [-0.05, 0) is 136 Å². The molecule has 5 nitrogen and oxygen atoms in total. The van der Waals surface area contributed by atoms with E-state index in [0.29, 0.717) is 11.5 Å². The van der Waals surface area contributed by atoms with Crippen LogP contribution in [0.4, 0.5) is 0 Å². The Balaban J connectivity index is 0.000000212. The second-order valence-corrected chi connectivity index (χ2v) is 9.83. The maximum absolute atomic E-state index is 9.80. The van der Waals surface area contributed by atoms with Gasteiger partial charge in [0.05, 0.1) is 7.11 Å². The van der Waals surface area contributed by atoms with Crippen molar-refractivity contribution < 1.29 is 24.4 Å². The topological polar surface area (TPSA) is 68.2 Å². The zero-order valence-electron chi connectivity index (χ0n) is 23.8. The van der Waals surface area contributed by atoms with E-state index >= 15 is 0 Å². The SMILES string of the molecule is COc1cc(C)c(Oc2cc(C)c(O)c(C)c2)c(C)c1.Cc1cc(Oc2c(C)cccc2C)cc(C)c1O. The van der Waals surface area contributed by atoms with Crippen molar-refractivity contribution in [2.75, 3.05) is 7.11 Å². The van der Waals surface area contributed by atoms with Crippen molar-refractivity contribution in [1.82, 2.24) is 0 Å². The molecule has 0 bridgehead atoms. The highest BCUT2D eigenvalue weighted by Crippen LogP contribution is 2.35. The number of aryl methyl sites for hydroxylation is 8. The molecule has 0 saturated carbocycles. The number of phenolic OH excluding ortho intramolecular Hbond substituents is 2. The molecule has 0 amide bonds. The van der Waals surface area contributed by atoms with Gasteiger partial charge in [-0.15, -0.1) is 0 Å². The number of rotatable bonds is 5. The summed E-state index contributed by atoms with van der Waals surface area (Å²) in [7, 11) is 1.65. The van der Waals surface area contributed by atoms with Crippen molar-refractivity contribution in [3.8, 4) is 40.2 Å². The number of para-hydroxylation sites is 1. The van der Waals surface area contributed by atoms with Crippen molar-refractivity contribution in [1.29, 1.82) is 0 Å². The number of hydrogen-bond acceptors (Lipinski definition) is 5. The maximum atomic E-state index is 9.80. The first-order valence-electron chi connectivity index (χ1n) is 12.6. The summed E-state index contributed by atoms with van der Waals surface area (Å²) in [4.78, 5) is 0. The lowest BCUT2D eigenvalue weighted by Crippen LogP contribution is -1.94. The summed E-state index contributed by atoms with van der Waals surface area (Å²) >= 11 is 0. The third-order valence-corrected chi connectivity index (χ3v) is 6.45. The number of ether oxygens (including phenoxy) is 3. The molecule has 200 valence electrons. The van der Waals surface area contributed by atoms with E-state index in [9.17, 15) is 10.2 Å². The Morgan fingerprint density at radius 2 is 0.763 bits per heavy atom. The summed E-state index contributed by atoms with van der Waals surface area (Å²) in [5.41, 5.74) is 7.53. The minimum atomic E-state index is 0.320. The first-order chi connectivity index (χ1) is 17.9. The molecule has 2 N–H and O–H groups in total. The van der Waals surface area contributed by atoms with Gasteiger partial charge in [0.1, 0.15) is 40.2 Å². The van der Waals surface area contributed by atoms with E-state index in [4.69, 9.17) is 14.2 Å². The normalized spacial score (nSPS) is 10.4. The molecule has 4 rings (SSSR count). The number of phenols is 2. The molecule has 0 aliphatic heterocycles. The van der Waals surface area contributed by atoms with E-state index in [1.807, 2.05) is 110 Å².